The first-order valence-corrected chi connectivity index (χ1v) is 7.41. The van der Waals surface area contributed by atoms with Crippen molar-refractivity contribution < 1.29 is 4.79 Å². The van der Waals surface area contributed by atoms with Gasteiger partial charge in [0.05, 0.1) is 11.1 Å². The zero-order valence-corrected chi connectivity index (χ0v) is 11.9. The molecule has 2 rings (SSSR count). The van der Waals surface area contributed by atoms with Crippen LogP contribution in [0.3, 0.4) is 0 Å². The third-order valence-electron chi connectivity index (χ3n) is 3.88. The number of nitrogens with zero attached hydrogens (tertiary/aromatic N) is 1. The number of rotatable bonds is 4. The number of aryl methyl sites for hydroxylation is 2. The van der Waals surface area contributed by atoms with Gasteiger partial charge in [-0.1, -0.05) is 19.8 Å². The van der Waals surface area contributed by atoms with E-state index < -0.39 is 0 Å². The SMILES string of the molecule is CCc1nc(NC(=O)C2(CN)CCCC2)sc1C. The molecule has 1 aliphatic carbocycles. The Hall–Kier alpha value is -0.940. The quantitative estimate of drug-likeness (QED) is 0.880. The molecule has 3 N–H and O–H groups in total. The molecule has 1 aliphatic rings. The Kier molecular flexibility index (Phi) is 4.02. The molecule has 1 heterocycles. The summed E-state index contributed by atoms with van der Waals surface area (Å²) in [4.78, 5) is 18.0. The lowest BCUT2D eigenvalue weighted by atomic mass is 9.85. The smallest absolute Gasteiger partial charge is 0.233 e. The molecule has 100 valence electrons. The van der Waals surface area contributed by atoms with Crippen LogP contribution >= 0.6 is 11.3 Å². The van der Waals surface area contributed by atoms with E-state index in [1.807, 2.05) is 6.92 Å². The summed E-state index contributed by atoms with van der Waals surface area (Å²) in [7, 11) is 0. The van der Waals surface area contributed by atoms with Crippen LogP contribution in [0.4, 0.5) is 5.13 Å². The zero-order valence-electron chi connectivity index (χ0n) is 11.1. The van der Waals surface area contributed by atoms with Crippen molar-refractivity contribution in [1.29, 1.82) is 0 Å². The number of nitrogens with one attached hydrogen (secondary N) is 1. The maximum atomic E-state index is 12.4. The zero-order chi connectivity index (χ0) is 13.2. The standard InChI is InChI=1S/C13H21N3OS/c1-3-10-9(2)18-12(15-10)16-11(17)13(8-14)6-4-5-7-13/h3-8,14H2,1-2H3,(H,15,16,17). The minimum atomic E-state index is -0.355. The number of hydrogen-bond donors (Lipinski definition) is 2. The van der Waals surface area contributed by atoms with E-state index in [9.17, 15) is 4.79 Å². The molecular formula is C13H21N3OS. The van der Waals surface area contributed by atoms with Crippen LogP contribution in [0.25, 0.3) is 0 Å². The van der Waals surface area contributed by atoms with Crippen LogP contribution in [-0.4, -0.2) is 17.4 Å². The molecule has 0 aliphatic heterocycles. The average molecular weight is 267 g/mol. The second-order valence-corrected chi connectivity index (χ2v) is 6.22. The molecule has 1 aromatic heterocycles. The van der Waals surface area contributed by atoms with E-state index in [1.165, 1.54) is 4.88 Å². The van der Waals surface area contributed by atoms with Crippen LogP contribution < -0.4 is 11.1 Å². The van der Waals surface area contributed by atoms with Crippen LogP contribution in [0, 0.1) is 12.3 Å². The van der Waals surface area contributed by atoms with Crippen LogP contribution in [-0.2, 0) is 11.2 Å². The predicted molar refractivity (Wildman–Crippen MR) is 74.8 cm³/mol. The Morgan fingerprint density at radius 2 is 2.17 bits per heavy atom. The molecule has 1 amide bonds. The number of amides is 1. The fourth-order valence-corrected chi connectivity index (χ4v) is 3.51. The molecule has 4 nitrogen and oxygen atoms in total. The van der Waals surface area contributed by atoms with Gasteiger partial charge < -0.3 is 11.1 Å². The molecular weight excluding hydrogens is 246 g/mol. The summed E-state index contributed by atoms with van der Waals surface area (Å²) in [5.41, 5.74) is 6.52. The van der Waals surface area contributed by atoms with Gasteiger partial charge >= 0.3 is 0 Å². The Bertz CT molecular complexity index is 435. The number of aromatic nitrogens is 1. The number of hydrogen-bond acceptors (Lipinski definition) is 4. The van der Waals surface area contributed by atoms with Crippen molar-refractivity contribution in [2.24, 2.45) is 11.1 Å². The van der Waals surface area contributed by atoms with Gasteiger partial charge in [-0.3, -0.25) is 4.79 Å². The first-order valence-electron chi connectivity index (χ1n) is 6.59. The molecule has 5 heteroatoms. The molecule has 0 radical (unpaired) electrons. The Labute approximate surface area is 112 Å². The molecule has 0 bridgehead atoms. The molecule has 1 saturated carbocycles. The maximum absolute atomic E-state index is 12.4. The van der Waals surface area contributed by atoms with Gasteiger partial charge in [0, 0.05) is 11.4 Å². The molecule has 0 spiro atoms. The van der Waals surface area contributed by atoms with E-state index in [2.05, 4.69) is 17.2 Å². The third-order valence-corrected chi connectivity index (χ3v) is 4.81. The Morgan fingerprint density at radius 3 is 2.67 bits per heavy atom. The van der Waals surface area contributed by atoms with Gasteiger partial charge in [0.25, 0.3) is 0 Å². The molecule has 1 aromatic rings. The Balaban J connectivity index is 2.10. The number of carbonyl (C=O) groups is 1. The average Bonchev–Trinajstić information content (AvgIpc) is 2.96. The maximum Gasteiger partial charge on any atom is 0.233 e. The fourth-order valence-electron chi connectivity index (χ4n) is 2.61. The molecule has 18 heavy (non-hydrogen) atoms. The molecule has 0 unspecified atom stereocenters. The topological polar surface area (TPSA) is 68.0 Å². The van der Waals surface area contributed by atoms with Crippen molar-refractivity contribution in [2.45, 2.75) is 46.0 Å². The lowest BCUT2D eigenvalue weighted by molar-refractivity contribution is -0.124. The van der Waals surface area contributed by atoms with Crippen molar-refractivity contribution in [1.82, 2.24) is 4.98 Å². The van der Waals surface area contributed by atoms with E-state index in [0.29, 0.717) is 11.7 Å². The summed E-state index contributed by atoms with van der Waals surface area (Å²) in [6.45, 7) is 4.55. The van der Waals surface area contributed by atoms with E-state index in [-0.39, 0.29) is 11.3 Å². The lowest BCUT2D eigenvalue weighted by Gasteiger charge is -2.24. The minimum Gasteiger partial charge on any atom is -0.329 e. The van der Waals surface area contributed by atoms with Crippen molar-refractivity contribution in [3.8, 4) is 0 Å². The molecule has 0 atom stereocenters. The van der Waals surface area contributed by atoms with Gasteiger partial charge in [-0.15, -0.1) is 11.3 Å². The van der Waals surface area contributed by atoms with Gasteiger partial charge in [-0.2, -0.15) is 0 Å². The van der Waals surface area contributed by atoms with Crippen molar-refractivity contribution in [3.63, 3.8) is 0 Å². The summed E-state index contributed by atoms with van der Waals surface area (Å²) in [5.74, 6) is 0.0545. The number of thiazole rings is 1. The van der Waals surface area contributed by atoms with E-state index in [1.54, 1.807) is 11.3 Å². The predicted octanol–water partition coefficient (Wildman–Crippen LogP) is 2.47. The molecule has 0 saturated heterocycles. The van der Waals surface area contributed by atoms with Crippen LogP contribution in [0.2, 0.25) is 0 Å². The normalized spacial score (nSPS) is 17.9. The first-order chi connectivity index (χ1) is 8.61. The lowest BCUT2D eigenvalue weighted by Crippen LogP contribution is -2.40. The minimum absolute atomic E-state index is 0.0545. The monoisotopic (exact) mass is 267 g/mol. The Morgan fingerprint density at radius 1 is 1.50 bits per heavy atom. The summed E-state index contributed by atoms with van der Waals surface area (Å²) in [6.07, 6.45) is 4.91. The van der Waals surface area contributed by atoms with E-state index in [4.69, 9.17) is 5.73 Å². The highest BCUT2D eigenvalue weighted by molar-refractivity contribution is 7.15. The van der Waals surface area contributed by atoms with Gasteiger partial charge in [-0.25, -0.2) is 4.98 Å². The van der Waals surface area contributed by atoms with Crippen LogP contribution in [0.1, 0.15) is 43.2 Å². The summed E-state index contributed by atoms with van der Waals surface area (Å²) in [5, 5.41) is 3.68. The highest BCUT2D eigenvalue weighted by atomic mass is 32.1. The highest BCUT2D eigenvalue weighted by Crippen LogP contribution is 2.38. The van der Waals surface area contributed by atoms with Crippen molar-refractivity contribution >= 4 is 22.4 Å². The van der Waals surface area contributed by atoms with Crippen LogP contribution in [0.5, 0.6) is 0 Å². The van der Waals surface area contributed by atoms with E-state index in [0.717, 1.165) is 37.8 Å². The summed E-state index contributed by atoms with van der Waals surface area (Å²) >= 11 is 1.55. The van der Waals surface area contributed by atoms with Gasteiger partial charge in [0.15, 0.2) is 5.13 Å². The number of carbonyl (C=O) groups excluding carboxylic acids is 1. The van der Waals surface area contributed by atoms with Gasteiger partial charge in [0.2, 0.25) is 5.91 Å². The number of anilines is 1. The van der Waals surface area contributed by atoms with Gasteiger partial charge in [0.1, 0.15) is 0 Å². The first kappa shape index (κ1) is 13.5. The van der Waals surface area contributed by atoms with E-state index >= 15 is 0 Å². The van der Waals surface area contributed by atoms with Crippen LogP contribution in [0.15, 0.2) is 0 Å². The second kappa shape index (κ2) is 5.36. The van der Waals surface area contributed by atoms with Crippen molar-refractivity contribution in [3.05, 3.63) is 10.6 Å². The molecule has 0 aromatic carbocycles. The largest absolute Gasteiger partial charge is 0.329 e. The third kappa shape index (κ3) is 2.42. The highest BCUT2D eigenvalue weighted by Gasteiger charge is 2.40. The number of nitrogens with two attached hydrogens (primary N) is 1. The second-order valence-electron chi connectivity index (χ2n) is 5.02. The van der Waals surface area contributed by atoms with Gasteiger partial charge in [-0.05, 0) is 26.2 Å². The summed E-state index contributed by atoms with van der Waals surface area (Å²) in [6, 6.07) is 0. The molecule has 1 fully saturated rings. The summed E-state index contributed by atoms with van der Waals surface area (Å²) < 4.78 is 0. The van der Waals surface area contributed by atoms with Crippen molar-refractivity contribution in [2.75, 3.05) is 11.9 Å². The fraction of sp³-hybridized carbons (Fsp3) is 0.692.